The van der Waals surface area contributed by atoms with Crippen molar-refractivity contribution in [3.05, 3.63) is 64.8 Å². The first-order chi connectivity index (χ1) is 21.7. The Kier molecular flexibility index (Phi) is 8.54. The van der Waals surface area contributed by atoms with E-state index in [-0.39, 0.29) is 4.90 Å². The minimum atomic E-state index is -3.66. The molecule has 1 saturated carbocycles. The van der Waals surface area contributed by atoms with Crippen LogP contribution in [-0.2, 0) is 27.7 Å². The zero-order valence-corrected chi connectivity index (χ0v) is 28.2. The minimum Gasteiger partial charge on any atom is -0.379 e. The lowest BCUT2D eigenvalue weighted by Crippen LogP contribution is -2.43. The lowest BCUT2D eigenvalue weighted by atomic mass is 9.78. The summed E-state index contributed by atoms with van der Waals surface area (Å²) in [5, 5.41) is 9.71. The van der Waals surface area contributed by atoms with Crippen molar-refractivity contribution in [2.45, 2.75) is 69.9 Å². The van der Waals surface area contributed by atoms with Crippen LogP contribution in [0.4, 0.5) is 0 Å². The molecule has 1 aliphatic carbocycles. The number of morpholine rings is 1. The van der Waals surface area contributed by atoms with Gasteiger partial charge >= 0.3 is 0 Å². The van der Waals surface area contributed by atoms with Gasteiger partial charge in [-0.3, -0.25) is 0 Å². The maximum absolute atomic E-state index is 13.6. The first-order valence-corrected chi connectivity index (χ1v) is 18.4. The van der Waals surface area contributed by atoms with Gasteiger partial charge in [0, 0.05) is 47.4 Å². The molecule has 4 aromatic rings. The third kappa shape index (κ3) is 5.63. The number of hydrogen-bond donors (Lipinski definition) is 1. The monoisotopic (exact) mass is 665 g/mol. The number of ether oxygens (including phenoxy) is 1. The number of benzene rings is 2. The zero-order valence-electron chi connectivity index (χ0n) is 25.8. The number of nitrogens with zero attached hydrogens (tertiary/aromatic N) is 4. The largest absolute Gasteiger partial charge is 0.379 e. The van der Waals surface area contributed by atoms with E-state index < -0.39 is 10.0 Å². The van der Waals surface area contributed by atoms with E-state index in [2.05, 4.69) is 35.9 Å². The summed E-state index contributed by atoms with van der Waals surface area (Å²) in [7, 11) is -3.66. The van der Waals surface area contributed by atoms with Crippen LogP contribution in [0.1, 0.15) is 57.2 Å². The molecule has 11 heteroatoms. The molecule has 238 valence electrons. The van der Waals surface area contributed by atoms with Crippen molar-refractivity contribution in [2.24, 2.45) is 11.8 Å². The van der Waals surface area contributed by atoms with Crippen molar-refractivity contribution in [1.29, 1.82) is 0 Å². The number of hydrogen-bond acceptors (Lipinski definition) is 5. The molecule has 0 radical (unpaired) electrons. The number of rotatable bonds is 6. The van der Waals surface area contributed by atoms with E-state index in [1.54, 1.807) is 12.1 Å². The van der Waals surface area contributed by atoms with Crippen LogP contribution >= 0.6 is 23.8 Å². The highest BCUT2D eigenvalue weighted by Crippen LogP contribution is 2.39. The normalized spacial score (nSPS) is 22.8. The highest BCUT2D eigenvalue weighted by Gasteiger charge is 2.33. The van der Waals surface area contributed by atoms with Gasteiger partial charge in [-0.2, -0.15) is 4.31 Å². The van der Waals surface area contributed by atoms with Gasteiger partial charge in [0.2, 0.25) is 10.0 Å². The Morgan fingerprint density at radius 2 is 1.78 bits per heavy atom. The summed E-state index contributed by atoms with van der Waals surface area (Å²) in [5.41, 5.74) is 6.08. The molecule has 0 bridgehead atoms. The quantitative estimate of drug-likeness (QED) is 0.235. The molecule has 4 heterocycles. The molecule has 7 rings (SSSR count). The van der Waals surface area contributed by atoms with Crippen LogP contribution in [0.5, 0.6) is 0 Å². The third-order valence-electron chi connectivity index (χ3n) is 10.1. The first-order valence-electron chi connectivity index (χ1n) is 16.1. The van der Waals surface area contributed by atoms with Gasteiger partial charge < -0.3 is 14.6 Å². The molecule has 1 N–H and O–H groups in total. The maximum atomic E-state index is 13.6. The summed E-state index contributed by atoms with van der Waals surface area (Å²) in [6, 6.07) is 15.5. The molecular weight excluding hydrogens is 626 g/mol. The third-order valence-corrected chi connectivity index (χ3v) is 12.5. The molecule has 0 amide bonds. The van der Waals surface area contributed by atoms with Gasteiger partial charge in [-0.25, -0.2) is 12.9 Å². The highest BCUT2D eigenvalue weighted by atomic mass is 35.5. The standard InChI is InChI=1S/C34H40ClN5O3S2/c1-22-7-5-11-29(23(22)2)36-33(44)31-30(24-12-14-26(35)15-13-24)28-10-3-4-16-39-32(37-40(31)34(28)39)25-8-6-9-27(21-25)45(41,42)38-17-19-43-20-18-38/h6,8-9,12-15,21-23,29H,3-5,7,10-11,16-20H2,1-2H3,(H,36,44)/t22-,23+,29+/m1/s1. The van der Waals surface area contributed by atoms with Gasteiger partial charge in [-0.05, 0) is 67.3 Å². The van der Waals surface area contributed by atoms with Gasteiger partial charge in [-0.15, -0.1) is 5.10 Å². The second kappa shape index (κ2) is 12.4. The lowest BCUT2D eigenvalue weighted by Gasteiger charge is -2.35. The molecule has 2 fully saturated rings. The van der Waals surface area contributed by atoms with E-state index in [0.29, 0.717) is 54.2 Å². The zero-order chi connectivity index (χ0) is 31.3. The molecule has 8 nitrogen and oxygen atoms in total. The number of nitrogens with one attached hydrogen (secondary N) is 1. The van der Waals surface area contributed by atoms with Gasteiger partial charge in [0.25, 0.3) is 0 Å². The summed E-state index contributed by atoms with van der Waals surface area (Å²) in [6.07, 6.45) is 6.45. The van der Waals surface area contributed by atoms with Crippen LogP contribution in [0.3, 0.4) is 0 Å². The fourth-order valence-electron chi connectivity index (χ4n) is 7.34. The Bertz CT molecular complexity index is 1840. The predicted octanol–water partition coefficient (Wildman–Crippen LogP) is 6.57. The van der Waals surface area contributed by atoms with Crippen molar-refractivity contribution < 1.29 is 13.2 Å². The van der Waals surface area contributed by atoms with Crippen molar-refractivity contribution in [3.8, 4) is 22.5 Å². The van der Waals surface area contributed by atoms with Crippen LogP contribution in [0.2, 0.25) is 5.02 Å². The van der Waals surface area contributed by atoms with Gasteiger partial charge in [0.15, 0.2) is 5.82 Å². The van der Waals surface area contributed by atoms with Crippen LogP contribution in [0, 0.1) is 11.8 Å². The van der Waals surface area contributed by atoms with E-state index in [1.807, 2.05) is 28.8 Å². The molecular formula is C34H40ClN5O3S2. The summed E-state index contributed by atoms with van der Waals surface area (Å²) < 4.78 is 38.4. The Balaban J connectivity index is 1.38. The van der Waals surface area contributed by atoms with Crippen LogP contribution in [0.15, 0.2) is 53.4 Å². The molecule has 2 aromatic carbocycles. The molecule has 2 aliphatic heterocycles. The maximum Gasteiger partial charge on any atom is 0.243 e. The van der Waals surface area contributed by atoms with Gasteiger partial charge in [0.05, 0.1) is 18.1 Å². The predicted molar refractivity (Wildman–Crippen MR) is 182 cm³/mol. The highest BCUT2D eigenvalue weighted by molar-refractivity contribution is 7.89. The average molecular weight is 666 g/mol. The summed E-state index contributed by atoms with van der Waals surface area (Å²) >= 11 is 12.6. The lowest BCUT2D eigenvalue weighted by molar-refractivity contribution is 0.0730. The number of sulfonamides is 1. The molecule has 45 heavy (non-hydrogen) atoms. The molecule has 0 unspecified atom stereocenters. The van der Waals surface area contributed by atoms with Crippen LogP contribution in [-0.4, -0.2) is 64.2 Å². The molecule has 3 atom stereocenters. The smallest absolute Gasteiger partial charge is 0.243 e. The van der Waals surface area contributed by atoms with Crippen LogP contribution < -0.4 is 5.32 Å². The molecule has 1 saturated heterocycles. The van der Waals surface area contributed by atoms with E-state index >= 15 is 0 Å². The molecule has 2 aromatic heterocycles. The Morgan fingerprint density at radius 3 is 2.56 bits per heavy atom. The Hall–Kier alpha value is -2.76. The topological polar surface area (TPSA) is 80.9 Å². The fraction of sp³-hybridized carbons (Fsp3) is 0.471. The van der Waals surface area contributed by atoms with Crippen LogP contribution in [0.25, 0.3) is 28.2 Å². The number of thiocarbonyl (C=S) groups is 1. The second-order valence-electron chi connectivity index (χ2n) is 12.8. The first kappa shape index (κ1) is 30.9. The number of aryl methyl sites for hydroxylation is 2. The molecule has 3 aliphatic rings. The van der Waals surface area contributed by atoms with E-state index in [9.17, 15) is 8.42 Å². The Labute approximate surface area is 275 Å². The summed E-state index contributed by atoms with van der Waals surface area (Å²) in [5.74, 6) is 1.89. The van der Waals surface area contributed by atoms with Gasteiger partial charge in [0.1, 0.15) is 16.3 Å². The van der Waals surface area contributed by atoms with E-state index in [0.717, 1.165) is 66.1 Å². The van der Waals surface area contributed by atoms with Crippen molar-refractivity contribution in [3.63, 3.8) is 0 Å². The van der Waals surface area contributed by atoms with E-state index in [4.69, 9.17) is 33.7 Å². The van der Waals surface area contributed by atoms with E-state index in [1.165, 1.54) is 22.7 Å². The van der Waals surface area contributed by atoms with Gasteiger partial charge in [-0.1, -0.05) is 74.8 Å². The number of aromatic nitrogens is 3. The fourth-order valence-corrected chi connectivity index (χ4v) is 9.26. The van der Waals surface area contributed by atoms with Crippen molar-refractivity contribution >= 4 is 44.5 Å². The molecule has 0 spiro atoms. The van der Waals surface area contributed by atoms with Crippen molar-refractivity contribution in [1.82, 2.24) is 23.8 Å². The average Bonchev–Trinajstić information content (AvgIpc) is 3.47. The van der Waals surface area contributed by atoms with Crippen molar-refractivity contribution in [2.75, 3.05) is 26.3 Å². The Morgan fingerprint density at radius 1 is 1.00 bits per heavy atom. The SMILES string of the molecule is C[C@H]1[C@H](C)CCC[C@@H]1NC(=S)c1c(-c2ccc(Cl)cc2)c2c3n(c(-c4cccc(S(=O)(=O)N5CCOCC5)c4)nn13)CCCC2. The minimum absolute atomic E-state index is 0.274. The summed E-state index contributed by atoms with van der Waals surface area (Å²) in [4.78, 5) is 0.975. The second-order valence-corrected chi connectivity index (χ2v) is 15.6. The summed E-state index contributed by atoms with van der Waals surface area (Å²) in [6.45, 7) is 6.97. The number of halogens is 1.